The van der Waals surface area contributed by atoms with E-state index in [1.54, 1.807) is 0 Å². The zero-order chi connectivity index (χ0) is 16.8. The first kappa shape index (κ1) is 17.2. The van der Waals surface area contributed by atoms with E-state index in [1.807, 2.05) is 19.2 Å². The van der Waals surface area contributed by atoms with Crippen molar-refractivity contribution in [3.05, 3.63) is 58.7 Å². The molecule has 2 aromatic rings. The van der Waals surface area contributed by atoms with Crippen LogP contribution in [0.1, 0.15) is 36.8 Å². The summed E-state index contributed by atoms with van der Waals surface area (Å²) in [6, 6.07) is 13.2. The zero-order valence-electron chi connectivity index (χ0n) is 14.3. The van der Waals surface area contributed by atoms with Crippen LogP contribution >= 0.6 is 11.6 Å². The number of aromatic nitrogens is 1. The molecule has 2 N–H and O–H groups in total. The van der Waals surface area contributed by atoms with Crippen LogP contribution in [-0.4, -0.2) is 17.6 Å². The summed E-state index contributed by atoms with van der Waals surface area (Å²) in [5, 5.41) is 7.91. The molecule has 0 unspecified atom stereocenters. The smallest absolute Gasteiger partial charge is 0.127 e. The van der Waals surface area contributed by atoms with Crippen molar-refractivity contribution in [1.82, 2.24) is 10.3 Å². The van der Waals surface area contributed by atoms with Gasteiger partial charge >= 0.3 is 0 Å². The summed E-state index contributed by atoms with van der Waals surface area (Å²) in [7, 11) is 0. The Hall–Kier alpha value is -1.58. The molecule has 0 aliphatic heterocycles. The first-order valence-electron chi connectivity index (χ1n) is 8.84. The quantitative estimate of drug-likeness (QED) is 0.790. The molecule has 1 aromatic carbocycles. The van der Waals surface area contributed by atoms with Gasteiger partial charge in [-0.3, -0.25) is 0 Å². The van der Waals surface area contributed by atoms with Crippen LogP contribution in [0, 0.1) is 12.8 Å². The molecule has 1 aromatic heterocycles. The minimum absolute atomic E-state index is 0.647. The maximum atomic E-state index is 6.15. The number of nitrogens with zero attached hydrogens (tertiary/aromatic N) is 1. The topological polar surface area (TPSA) is 37.0 Å². The van der Waals surface area contributed by atoms with Crippen LogP contribution in [0.15, 0.2) is 42.6 Å². The third-order valence-electron chi connectivity index (χ3n) is 4.89. The first-order chi connectivity index (χ1) is 11.7. The van der Waals surface area contributed by atoms with Crippen LogP contribution in [-0.2, 0) is 6.54 Å². The van der Waals surface area contributed by atoms with Crippen molar-refractivity contribution in [2.24, 2.45) is 5.92 Å². The number of halogens is 1. The molecular weight excluding hydrogens is 318 g/mol. The molecular formula is C20H26ClN3. The molecule has 1 aliphatic rings. The van der Waals surface area contributed by atoms with E-state index in [0.717, 1.165) is 35.4 Å². The summed E-state index contributed by atoms with van der Waals surface area (Å²) in [6.07, 6.45) is 6.86. The van der Waals surface area contributed by atoms with Crippen LogP contribution in [0.5, 0.6) is 0 Å². The fraction of sp³-hybridized carbons (Fsp3) is 0.450. The number of benzene rings is 1. The number of hydrogen-bond donors (Lipinski definition) is 2. The highest BCUT2D eigenvalue weighted by Gasteiger charge is 2.20. The second kappa shape index (κ2) is 8.50. The zero-order valence-corrected chi connectivity index (χ0v) is 15.0. The maximum Gasteiger partial charge on any atom is 0.127 e. The van der Waals surface area contributed by atoms with Gasteiger partial charge < -0.3 is 10.6 Å². The summed E-state index contributed by atoms with van der Waals surface area (Å²) < 4.78 is 0. The lowest BCUT2D eigenvalue weighted by Gasteiger charge is -2.29. The molecule has 3 nitrogen and oxygen atoms in total. The number of rotatable bonds is 6. The molecule has 0 spiro atoms. The summed E-state index contributed by atoms with van der Waals surface area (Å²) in [6.45, 7) is 3.93. The van der Waals surface area contributed by atoms with E-state index in [0.29, 0.717) is 6.04 Å². The van der Waals surface area contributed by atoms with Gasteiger partial charge in [-0.1, -0.05) is 41.9 Å². The average Bonchev–Trinajstić information content (AvgIpc) is 2.63. The predicted octanol–water partition coefficient (Wildman–Crippen LogP) is 4.80. The Labute approximate surface area is 149 Å². The molecule has 1 fully saturated rings. The van der Waals surface area contributed by atoms with E-state index in [9.17, 15) is 0 Å². The van der Waals surface area contributed by atoms with Crippen molar-refractivity contribution in [3.8, 4) is 0 Å². The third-order valence-corrected chi connectivity index (χ3v) is 5.30. The van der Waals surface area contributed by atoms with E-state index in [4.69, 9.17) is 11.6 Å². The summed E-state index contributed by atoms with van der Waals surface area (Å²) in [5.74, 6) is 1.61. The number of anilines is 1. The second-order valence-corrected chi connectivity index (χ2v) is 7.19. The lowest BCUT2D eigenvalue weighted by molar-refractivity contribution is 0.300. The number of aryl methyl sites for hydroxylation is 1. The van der Waals surface area contributed by atoms with E-state index >= 15 is 0 Å². The molecule has 0 radical (unpaired) electrons. The van der Waals surface area contributed by atoms with Crippen molar-refractivity contribution in [2.45, 2.75) is 45.2 Å². The summed E-state index contributed by atoms with van der Waals surface area (Å²) in [5.41, 5.74) is 2.39. The monoisotopic (exact) mass is 343 g/mol. The Morgan fingerprint density at radius 2 is 1.88 bits per heavy atom. The normalized spacial score (nSPS) is 20.8. The highest BCUT2D eigenvalue weighted by molar-refractivity contribution is 6.31. The van der Waals surface area contributed by atoms with E-state index in [-0.39, 0.29) is 0 Å². The minimum atomic E-state index is 0.647. The van der Waals surface area contributed by atoms with Crippen molar-refractivity contribution < 1.29 is 0 Å². The van der Waals surface area contributed by atoms with Gasteiger partial charge in [-0.2, -0.15) is 0 Å². The fourth-order valence-corrected chi connectivity index (χ4v) is 3.43. The van der Waals surface area contributed by atoms with Gasteiger partial charge in [0.2, 0.25) is 0 Å². The van der Waals surface area contributed by atoms with Gasteiger partial charge in [0.25, 0.3) is 0 Å². The maximum absolute atomic E-state index is 6.15. The van der Waals surface area contributed by atoms with Crippen molar-refractivity contribution >= 4 is 17.4 Å². The molecule has 0 amide bonds. The Bertz CT molecular complexity index is 637. The van der Waals surface area contributed by atoms with E-state index < -0.39 is 0 Å². The van der Waals surface area contributed by atoms with E-state index in [1.165, 1.54) is 31.2 Å². The molecule has 1 aliphatic carbocycles. The van der Waals surface area contributed by atoms with E-state index in [2.05, 4.69) is 45.9 Å². The van der Waals surface area contributed by atoms with Gasteiger partial charge in [0.15, 0.2) is 0 Å². The highest BCUT2D eigenvalue weighted by atomic mass is 35.5. The van der Waals surface area contributed by atoms with Crippen molar-refractivity contribution in [1.29, 1.82) is 0 Å². The Morgan fingerprint density at radius 3 is 2.58 bits per heavy atom. The van der Waals surface area contributed by atoms with Gasteiger partial charge in [0.1, 0.15) is 5.82 Å². The minimum Gasteiger partial charge on any atom is -0.370 e. The summed E-state index contributed by atoms with van der Waals surface area (Å²) in [4.78, 5) is 4.39. The molecule has 0 bridgehead atoms. The van der Waals surface area contributed by atoms with Crippen LogP contribution < -0.4 is 10.6 Å². The summed E-state index contributed by atoms with van der Waals surface area (Å²) >= 11 is 6.15. The average molecular weight is 344 g/mol. The molecule has 0 saturated heterocycles. The lowest BCUT2D eigenvalue weighted by atomic mass is 9.86. The largest absolute Gasteiger partial charge is 0.370 e. The molecule has 24 heavy (non-hydrogen) atoms. The van der Waals surface area contributed by atoms with Crippen molar-refractivity contribution in [2.75, 3.05) is 11.9 Å². The SMILES string of the molecule is Cc1cnc(NCC2CCC(NCc3ccccc3)CC2)cc1Cl. The van der Waals surface area contributed by atoms with Gasteiger partial charge in [-0.15, -0.1) is 0 Å². The number of hydrogen-bond acceptors (Lipinski definition) is 3. The Balaban J connectivity index is 1.38. The third kappa shape index (κ3) is 4.96. The fourth-order valence-electron chi connectivity index (χ4n) is 3.27. The molecule has 0 atom stereocenters. The number of pyridine rings is 1. The van der Waals surface area contributed by atoms with Gasteiger partial charge in [-0.05, 0) is 55.7 Å². The Morgan fingerprint density at radius 1 is 1.12 bits per heavy atom. The molecule has 1 heterocycles. The van der Waals surface area contributed by atoms with Gasteiger partial charge in [0, 0.05) is 30.4 Å². The van der Waals surface area contributed by atoms with Crippen LogP contribution in [0.25, 0.3) is 0 Å². The molecule has 1 saturated carbocycles. The highest BCUT2D eigenvalue weighted by Crippen LogP contribution is 2.25. The lowest BCUT2D eigenvalue weighted by Crippen LogP contribution is -2.34. The first-order valence-corrected chi connectivity index (χ1v) is 9.22. The predicted molar refractivity (Wildman–Crippen MR) is 102 cm³/mol. The van der Waals surface area contributed by atoms with Gasteiger partial charge in [-0.25, -0.2) is 4.98 Å². The number of nitrogens with one attached hydrogen (secondary N) is 2. The second-order valence-electron chi connectivity index (χ2n) is 6.78. The van der Waals surface area contributed by atoms with Crippen LogP contribution in [0.4, 0.5) is 5.82 Å². The van der Waals surface area contributed by atoms with Crippen LogP contribution in [0.2, 0.25) is 5.02 Å². The standard InChI is InChI=1S/C20H26ClN3/c1-15-12-23-20(11-19(15)21)24-14-17-7-9-18(10-8-17)22-13-16-5-3-2-4-6-16/h2-6,11-12,17-18,22H,7-10,13-14H2,1H3,(H,23,24). The van der Waals surface area contributed by atoms with Crippen molar-refractivity contribution in [3.63, 3.8) is 0 Å². The van der Waals surface area contributed by atoms with Gasteiger partial charge in [0.05, 0.1) is 0 Å². The molecule has 3 rings (SSSR count). The molecule has 4 heteroatoms. The Kier molecular flexibility index (Phi) is 6.11. The molecule has 128 valence electrons. The van der Waals surface area contributed by atoms with Crippen LogP contribution in [0.3, 0.4) is 0 Å².